The van der Waals surface area contributed by atoms with Crippen LogP contribution in [0.15, 0.2) is 91.0 Å². The summed E-state index contributed by atoms with van der Waals surface area (Å²) >= 11 is 0. The van der Waals surface area contributed by atoms with Gasteiger partial charge in [0, 0.05) is 6.08 Å². The number of carbonyl (C=O) groups excluding carboxylic acids is 2. The first-order valence-electron chi connectivity index (χ1n) is 8.03. The number of benzene rings is 3. The van der Waals surface area contributed by atoms with Gasteiger partial charge in [-0.2, -0.15) is 0 Å². The van der Waals surface area contributed by atoms with E-state index in [2.05, 4.69) is 0 Å². The number of rotatable bonds is 5. The molecule has 0 bridgehead atoms. The molecule has 0 amide bonds. The standard InChI is InChI=1S/C22H16O4/c23-21(25-19-9-5-2-6-10-19)16-13-17-11-14-20(15-12-17)26-22(24)18-7-3-1-4-8-18/h1-16H/b16-13+. The van der Waals surface area contributed by atoms with Crippen molar-refractivity contribution in [2.45, 2.75) is 0 Å². The van der Waals surface area contributed by atoms with Crippen LogP contribution < -0.4 is 9.47 Å². The highest BCUT2D eigenvalue weighted by molar-refractivity contribution is 5.91. The third kappa shape index (κ3) is 4.92. The fourth-order valence-electron chi connectivity index (χ4n) is 2.19. The molecule has 0 atom stereocenters. The van der Waals surface area contributed by atoms with E-state index in [1.165, 1.54) is 6.08 Å². The largest absolute Gasteiger partial charge is 0.423 e. The third-order valence-corrected chi connectivity index (χ3v) is 3.47. The first kappa shape index (κ1) is 17.2. The molecule has 0 aliphatic carbocycles. The monoisotopic (exact) mass is 344 g/mol. The third-order valence-electron chi connectivity index (χ3n) is 3.47. The van der Waals surface area contributed by atoms with Crippen molar-refractivity contribution in [1.82, 2.24) is 0 Å². The molecule has 3 rings (SSSR count). The molecular weight excluding hydrogens is 328 g/mol. The molecule has 4 nitrogen and oxygen atoms in total. The molecule has 26 heavy (non-hydrogen) atoms. The van der Waals surface area contributed by atoms with Crippen LogP contribution in [0.2, 0.25) is 0 Å². The van der Waals surface area contributed by atoms with E-state index in [-0.39, 0.29) is 0 Å². The van der Waals surface area contributed by atoms with Gasteiger partial charge in [0.1, 0.15) is 11.5 Å². The summed E-state index contributed by atoms with van der Waals surface area (Å²) in [4.78, 5) is 23.8. The second-order valence-electron chi connectivity index (χ2n) is 5.39. The average molecular weight is 344 g/mol. The molecule has 0 N–H and O–H groups in total. The predicted octanol–water partition coefficient (Wildman–Crippen LogP) is 4.52. The Labute approximate surface area is 151 Å². The van der Waals surface area contributed by atoms with Crippen LogP contribution >= 0.6 is 0 Å². The van der Waals surface area contributed by atoms with E-state index in [0.717, 1.165) is 5.56 Å². The van der Waals surface area contributed by atoms with Crippen molar-refractivity contribution in [3.8, 4) is 11.5 Å². The quantitative estimate of drug-likeness (QED) is 0.388. The minimum Gasteiger partial charge on any atom is -0.423 e. The van der Waals surface area contributed by atoms with Crippen LogP contribution in [0.1, 0.15) is 15.9 Å². The Hall–Kier alpha value is -3.66. The van der Waals surface area contributed by atoms with Crippen molar-refractivity contribution in [2.75, 3.05) is 0 Å². The maximum atomic E-state index is 12.0. The SMILES string of the molecule is O=C(/C=C/c1ccc(OC(=O)c2ccccc2)cc1)Oc1ccccc1. The lowest BCUT2D eigenvalue weighted by atomic mass is 10.2. The summed E-state index contributed by atoms with van der Waals surface area (Å²) < 4.78 is 10.5. The molecule has 0 fully saturated rings. The fourth-order valence-corrected chi connectivity index (χ4v) is 2.19. The van der Waals surface area contributed by atoms with Gasteiger partial charge in [-0.1, -0.05) is 48.5 Å². The van der Waals surface area contributed by atoms with Crippen molar-refractivity contribution in [1.29, 1.82) is 0 Å². The van der Waals surface area contributed by atoms with Crippen LogP contribution in [0.25, 0.3) is 6.08 Å². The predicted molar refractivity (Wildman–Crippen MR) is 99.0 cm³/mol. The van der Waals surface area contributed by atoms with Gasteiger partial charge in [0.25, 0.3) is 0 Å². The highest BCUT2D eigenvalue weighted by Gasteiger charge is 2.07. The van der Waals surface area contributed by atoms with Crippen LogP contribution in [0.3, 0.4) is 0 Å². The number of hydrogen-bond donors (Lipinski definition) is 0. The highest BCUT2D eigenvalue weighted by atomic mass is 16.5. The molecule has 3 aromatic carbocycles. The Morgan fingerprint density at radius 2 is 1.23 bits per heavy atom. The Balaban J connectivity index is 1.57. The zero-order valence-corrected chi connectivity index (χ0v) is 13.9. The minimum atomic E-state index is -0.462. The molecule has 3 aromatic rings. The molecule has 0 radical (unpaired) electrons. The van der Waals surface area contributed by atoms with Gasteiger partial charge in [-0.05, 0) is 48.0 Å². The summed E-state index contributed by atoms with van der Waals surface area (Å²) in [5, 5.41) is 0. The maximum absolute atomic E-state index is 12.0. The number of ether oxygens (including phenoxy) is 2. The number of esters is 2. The van der Waals surface area contributed by atoms with Crippen LogP contribution in [0, 0.1) is 0 Å². The van der Waals surface area contributed by atoms with Crippen LogP contribution in [-0.4, -0.2) is 11.9 Å². The van der Waals surface area contributed by atoms with Crippen LogP contribution in [-0.2, 0) is 4.79 Å². The van der Waals surface area contributed by atoms with Crippen molar-refractivity contribution < 1.29 is 19.1 Å². The maximum Gasteiger partial charge on any atom is 0.343 e. The second kappa shape index (κ2) is 8.44. The molecule has 128 valence electrons. The molecule has 4 heteroatoms. The number of para-hydroxylation sites is 1. The summed E-state index contributed by atoms with van der Waals surface area (Å²) in [7, 11) is 0. The van der Waals surface area contributed by atoms with Gasteiger partial charge in [0.05, 0.1) is 5.56 Å². The van der Waals surface area contributed by atoms with Gasteiger partial charge in [-0.3, -0.25) is 0 Å². The normalized spacial score (nSPS) is 10.5. The molecule has 0 aliphatic rings. The molecule has 0 saturated heterocycles. The molecule has 0 spiro atoms. The van der Waals surface area contributed by atoms with E-state index in [1.54, 1.807) is 78.9 Å². The average Bonchev–Trinajstić information content (AvgIpc) is 2.69. The lowest BCUT2D eigenvalue weighted by Gasteiger charge is -2.04. The molecule has 0 heterocycles. The smallest absolute Gasteiger partial charge is 0.343 e. The summed E-state index contributed by atoms with van der Waals surface area (Å²) in [6.07, 6.45) is 2.98. The summed E-state index contributed by atoms with van der Waals surface area (Å²) in [6, 6.07) is 24.5. The lowest BCUT2D eigenvalue weighted by molar-refractivity contribution is -0.128. The summed E-state index contributed by atoms with van der Waals surface area (Å²) in [5.41, 5.74) is 1.27. The first-order valence-corrected chi connectivity index (χ1v) is 8.03. The minimum absolute atomic E-state index is 0.416. The van der Waals surface area contributed by atoms with E-state index in [0.29, 0.717) is 17.1 Å². The van der Waals surface area contributed by atoms with E-state index in [9.17, 15) is 9.59 Å². The summed E-state index contributed by atoms with van der Waals surface area (Å²) in [6.45, 7) is 0. The topological polar surface area (TPSA) is 52.6 Å². The van der Waals surface area contributed by atoms with Crippen molar-refractivity contribution in [3.63, 3.8) is 0 Å². The number of hydrogen-bond acceptors (Lipinski definition) is 4. The Morgan fingerprint density at radius 1 is 0.654 bits per heavy atom. The highest BCUT2D eigenvalue weighted by Crippen LogP contribution is 2.15. The fraction of sp³-hybridized carbons (Fsp3) is 0. The molecular formula is C22H16O4. The van der Waals surface area contributed by atoms with Gasteiger partial charge in [0.15, 0.2) is 0 Å². The van der Waals surface area contributed by atoms with Crippen LogP contribution in [0.4, 0.5) is 0 Å². The van der Waals surface area contributed by atoms with Gasteiger partial charge >= 0.3 is 11.9 Å². The van der Waals surface area contributed by atoms with Gasteiger partial charge in [-0.15, -0.1) is 0 Å². The molecule has 0 aliphatic heterocycles. The van der Waals surface area contributed by atoms with Gasteiger partial charge < -0.3 is 9.47 Å². The molecule has 0 unspecified atom stereocenters. The summed E-state index contributed by atoms with van der Waals surface area (Å²) in [5.74, 6) is 0.0456. The first-order chi connectivity index (χ1) is 12.7. The molecule has 0 aromatic heterocycles. The van der Waals surface area contributed by atoms with Gasteiger partial charge in [-0.25, -0.2) is 9.59 Å². The van der Waals surface area contributed by atoms with Crippen molar-refractivity contribution >= 4 is 18.0 Å². The van der Waals surface area contributed by atoms with E-state index in [1.807, 2.05) is 12.1 Å². The van der Waals surface area contributed by atoms with Gasteiger partial charge in [0.2, 0.25) is 0 Å². The Morgan fingerprint density at radius 3 is 1.88 bits per heavy atom. The van der Waals surface area contributed by atoms with E-state index >= 15 is 0 Å². The van der Waals surface area contributed by atoms with Crippen LogP contribution in [0.5, 0.6) is 11.5 Å². The molecule has 0 saturated carbocycles. The van der Waals surface area contributed by atoms with E-state index < -0.39 is 11.9 Å². The number of carbonyl (C=O) groups is 2. The van der Waals surface area contributed by atoms with E-state index in [4.69, 9.17) is 9.47 Å². The zero-order valence-electron chi connectivity index (χ0n) is 13.9. The lowest BCUT2D eigenvalue weighted by Crippen LogP contribution is -2.07. The van der Waals surface area contributed by atoms with Crippen molar-refractivity contribution in [2.24, 2.45) is 0 Å². The van der Waals surface area contributed by atoms with Crippen molar-refractivity contribution in [3.05, 3.63) is 102 Å². The second-order valence-corrected chi connectivity index (χ2v) is 5.39. The Kier molecular flexibility index (Phi) is 5.58. The Bertz CT molecular complexity index is 898. The zero-order chi connectivity index (χ0) is 18.2.